The molecule has 2 aromatic carbocycles. The highest BCUT2D eigenvalue weighted by atomic mass is 16.5. The van der Waals surface area contributed by atoms with Gasteiger partial charge >= 0.3 is 0 Å². The van der Waals surface area contributed by atoms with E-state index in [1.54, 1.807) is 35.1 Å². The molecule has 0 radical (unpaired) electrons. The molecule has 0 saturated heterocycles. The van der Waals surface area contributed by atoms with Crippen LogP contribution in [0, 0.1) is 25.2 Å². The van der Waals surface area contributed by atoms with E-state index in [1.807, 2.05) is 27.1 Å². The average Bonchev–Trinajstić information content (AvgIpc) is 3.34. The molecule has 0 unspecified atom stereocenters. The lowest BCUT2D eigenvalue weighted by Gasteiger charge is -2.14. The van der Waals surface area contributed by atoms with Gasteiger partial charge in [-0.3, -0.25) is 14.6 Å². The summed E-state index contributed by atoms with van der Waals surface area (Å²) >= 11 is 0. The van der Waals surface area contributed by atoms with Crippen molar-refractivity contribution < 1.29 is 9.53 Å². The van der Waals surface area contributed by atoms with E-state index in [4.69, 9.17) is 10.00 Å². The normalized spacial score (nSPS) is 10.8. The van der Waals surface area contributed by atoms with Gasteiger partial charge in [0.25, 0.3) is 5.91 Å². The van der Waals surface area contributed by atoms with Crippen LogP contribution >= 0.6 is 0 Å². The molecule has 150 valence electrons. The van der Waals surface area contributed by atoms with Gasteiger partial charge in [0.05, 0.1) is 36.0 Å². The van der Waals surface area contributed by atoms with Gasteiger partial charge in [0.1, 0.15) is 11.4 Å². The van der Waals surface area contributed by atoms with Gasteiger partial charge in [0, 0.05) is 35.9 Å². The van der Waals surface area contributed by atoms with Crippen molar-refractivity contribution >= 4 is 22.5 Å². The number of aromatic nitrogens is 4. The molecule has 0 spiro atoms. The van der Waals surface area contributed by atoms with Crippen LogP contribution in [0.5, 0.6) is 5.75 Å². The molecule has 2 N–H and O–H groups in total. The number of carbonyl (C=O) groups is 1. The molecule has 2 heterocycles. The summed E-state index contributed by atoms with van der Waals surface area (Å²) < 4.78 is 7.16. The zero-order valence-corrected chi connectivity index (χ0v) is 17.1. The highest BCUT2D eigenvalue weighted by Crippen LogP contribution is 2.32. The summed E-state index contributed by atoms with van der Waals surface area (Å²) in [4.78, 5) is 13.2. The van der Waals surface area contributed by atoms with Gasteiger partial charge in [-0.2, -0.15) is 15.5 Å². The van der Waals surface area contributed by atoms with Crippen molar-refractivity contribution in [3.8, 4) is 23.1 Å². The number of methoxy groups -OCH3 is 1. The molecule has 0 bridgehead atoms. The minimum absolute atomic E-state index is 0.303. The molecule has 0 saturated carbocycles. The first-order chi connectivity index (χ1) is 14.4. The monoisotopic (exact) mass is 400 g/mol. The van der Waals surface area contributed by atoms with Gasteiger partial charge in [-0.05, 0) is 43.2 Å². The van der Waals surface area contributed by atoms with Crippen LogP contribution in [0.2, 0.25) is 0 Å². The lowest BCUT2D eigenvalue weighted by atomic mass is 10.0. The molecular weight excluding hydrogens is 380 g/mol. The summed E-state index contributed by atoms with van der Waals surface area (Å²) in [6.45, 7) is 3.72. The predicted molar refractivity (Wildman–Crippen MR) is 113 cm³/mol. The third-order valence-electron chi connectivity index (χ3n) is 5.01. The Kier molecular flexibility index (Phi) is 4.72. The number of hydrogen-bond donors (Lipinski definition) is 2. The number of fused-ring (bicyclic) bond motifs is 1. The van der Waals surface area contributed by atoms with Crippen LogP contribution in [0.25, 0.3) is 22.2 Å². The fourth-order valence-electron chi connectivity index (χ4n) is 3.56. The molecule has 4 rings (SSSR count). The molecule has 1 amide bonds. The van der Waals surface area contributed by atoms with Crippen molar-refractivity contribution in [2.45, 2.75) is 13.8 Å². The van der Waals surface area contributed by atoms with Crippen LogP contribution in [-0.4, -0.2) is 33.0 Å². The molecule has 0 aliphatic heterocycles. The Morgan fingerprint density at radius 3 is 2.57 bits per heavy atom. The number of benzene rings is 2. The number of anilines is 1. The second-order valence-corrected chi connectivity index (χ2v) is 7.12. The summed E-state index contributed by atoms with van der Waals surface area (Å²) in [5.74, 6) is 0.133. The Balaban J connectivity index is 1.78. The van der Waals surface area contributed by atoms with Crippen LogP contribution in [-0.2, 0) is 7.05 Å². The zero-order chi connectivity index (χ0) is 21.4. The number of hydrogen-bond acceptors (Lipinski definition) is 5. The third-order valence-corrected chi connectivity index (χ3v) is 5.01. The average molecular weight is 400 g/mol. The number of H-pyrrole nitrogens is 1. The topological polar surface area (TPSA) is 109 Å². The van der Waals surface area contributed by atoms with Crippen LogP contribution in [0.15, 0.2) is 36.7 Å². The molecule has 4 aromatic rings. The third kappa shape index (κ3) is 3.26. The highest BCUT2D eigenvalue weighted by Gasteiger charge is 2.19. The molecule has 0 aliphatic carbocycles. The maximum absolute atomic E-state index is 13.2. The largest absolute Gasteiger partial charge is 0.496 e. The van der Waals surface area contributed by atoms with Gasteiger partial charge < -0.3 is 10.1 Å². The number of aromatic amines is 1. The molecule has 0 aliphatic rings. The van der Waals surface area contributed by atoms with E-state index in [-0.39, 0.29) is 5.91 Å². The molecule has 8 heteroatoms. The van der Waals surface area contributed by atoms with Crippen molar-refractivity contribution in [3.05, 3.63) is 58.9 Å². The minimum atomic E-state index is -0.303. The molecule has 2 aromatic heterocycles. The summed E-state index contributed by atoms with van der Waals surface area (Å²) in [6, 6.07) is 9.16. The van der Waals surface area contributed by atoms with E-state index >= 15 is 0 Å². The first-order valence-electron chi connectivity index (χ1n) is 9.29. The Morgan fingerprint density at radius 2 is 1.97 bits per heavy atom. The number of amides is 1. The van der Waals surface area contributed by atoms with Crippen LogP contribution in [0.4, 0.5) is 5.69 Å². The van der Waals surface area contributed by atoms with Gasteiger partial charge in [-0.25, -0.2) is 0 Å². The van der Waals surface area contributed by atoms with E-state index in [0.29, 0.717) is 28.3 Å². The standard InChI is InChI=1S/C22H20N6O2/c1-12-5-14(9-23)6-13(2)20(12)25-22(29)17-7-16-18(8-19(17)30-4)26-27-21(16)15-10-24-28(3)11-15/h5-8,10-11H,1-4H3,(H,25,29)(H,26,27). The van der Waals surface area contributed by atoms with E-state index in [2.05, 4.69) is 26.7 Å². The fourth-order valence-corrected chi connectivity index (χ4v) is 3.56. The highest BCUT2D eigenvalue weighted by molar-refractivity contribution is 6.10. The van der Waals surface area contributed by atoms with E-state index in [0.717, 1.165) is 27.6 Å². The van der Waals surface area contributed by atoms with E-state index in [1.165, 1.54) is 7.11 Å². The molecular formula is C22H20N6O2. The van der Waals surface area contributed by atoms with Crippen molar-refractivity contribution in [2.24, 2.45) is 7.05 Å². The maximum atomic E-state index is 13.2. The Morgan fingerprint density at radius 1 is 1.23 bits per heavy atom. The maximum Gasteiger partial charge on any atom is 0.259 e. The number of ether oxygens (including phenoxy) is 1. The minimum Gasteiger partial charge on any atom is -0.496 e. The van der Waals surface area contributed by atoms with Crippen molar-refractivity contribution in [2.75, 3.05) is 12.4 Å². The van der Waals surface area contributed by atoms with Crippen LogP contribution < -0.4 is 10.1 Å². The van der Waals surface area contributed by atoms with Crippen LogP contribution in [0.1, 0.15) is 27.0 Å². The summed E-state index contributed by atoms with van der Waals surface area (Å²) in [5, 5.41) is 24.5. The molecule has 8 nitrogen and oxygen atoms in total. The quantitative estimate of drug-likeness (QED) is 0.543. The van der Waals surface area contributed by atoms with E-state index in [9.17, 15) is 4.79 Å². The second kappa shape index (κ2) is 7.37. The van der Waals surface area contributed by atoms with Crippen molar-refractivity contribution in [1.82, 2.24) is 20.0 Å². The number of nitrogens with one attached hydrogen (secondary N) is 2. The van der Waals surface area contributed by atoms with Gasteiger partial charge in [-0.15, -0.1) is 0 Å². The number of nitrogens with zero attached hydrogens (tertiary/aromatic N) is 4. The first-order valence-corrected chi connectivity index (χ1v) is 9.29. The van der Waals surface area contributed by atoms with Crippen molar-refractivity contribution in [3.63, 3.8) is 0 Å². The summed E-state index contributed by atoms with van der Waals surface area (Å²) in [6.07, 6.45) is 3.59. The van der Waals surface area contributed by atoms with Gasteiger partial charge in [0.15, 0.2) is 0 Å². The fraction of sp³-hybridized carbons (Fsp3) is 0.182. The molecule has 0 atom stereocenters. The predicted octanol–water partition coefficient (Wildman–Crippen LogP) is 3.71. The van der Waals surface area contributed by atoms with Gasteiger partial charge in [-0.1, -0.05) is 0 Å². The first kappa shape index (κ1) is 19.2. The van der Waals surface area contributed by atoms with Crippen molar-refractivity contribution in [1.29, 1.82) is 5.26 Å². The number of aryl methyl sites for hydroxylation is 3. The van der Waals surface area contributed by atoms with Crippen LogP contribution in [0.3, 0.4) is 0 Å². The van der Waals surface area contributed by atoms with E-state index < -0.39 is 0 Å². The summed E-state index contributed by atoms with van der Waals surface area (Å²) in [7, 11) is 3.36. The number of nitriles is 1. The molecule has 0 fully saturated rings. The lowest BCUT2D eigenvalue weighted by molar-refractivity contribution is 0.102. The SMILES string of the molecule is COc1cc2[nH]nc(-c3cnn(C)c3)c2cc1C(=O)Nc1c(C)cc(C#N)cc1C. The smallest absolute Gasteiger partial charge is 0.259 e. The Labute approximate surface area is 173 Å². The van der Waals surface area contributed by atoms with Gasteiger partial charge in [0.2, 0.25) is 0 Å². The summed E-state index contributed by atoms with van der Waals surface area (Å²) in [5.41, 5.74) is 5.58. The number of carbonyl (C=O) groups excluding carboxylic acids is 1. The Bertz CT molecular complexity index is 1300. The molecule has 30 heavy (non-hydrogen) atoms. The lowest BCUT2D eigenvalue weighted by Crippen LogP contribution is -2.15. The zero-order valence-electron chi connectivity index (χ0n) is 17.1. The number of rotatable bonds is 4. The second-order valence-electron chi connectivity index (χ2n) is 7.12. The Hall–Kier alpha value is -4.12.